The molecule has 1 aliphatic carbocycles. The number of rotatable bonds is 7. The zero-order valence-corrected chi connectivity index (χ0v) is 24.1. The Morgan fingerprint density at radius 2 is 1.63 bits per heavy atom. The van der Waals surface area contributed by atoms with Gasteiger partial charge in [-0.05, 0) is 78.2 Å². The fourth-order valence-corrected chi connectivity index (χ4v) is 5.22. The summed E-state index contributed by atoms with van der Waals surface area (Å²) in [5.74, 6) is -1.40. The number of carbonyl (C=O) groups is 2. The van der Waals surface area contributed by atoms with Crippen LogP contribution < -0.4 is 40.0 Å². The Hall–Kier alpha value is -3.04. The minimum absolute atomic E-state index is 0. The van der Waals surface area contributed by atoms with Crippen molar-refractivity contribution >= 4 is 29.3 Å². The van der Waals surface area contributed by atoms with Crippen molar-refractivity contribution in [3.05, 3.63) is 95.4 Å². The molecule has 1 heterocycles. The van der Waals surface area contributed by atoms with Gasteiger partial charge in [-0.15, -0.1) is 0 Å². The normalized spacial score (nSPS) is 14.2. The molecule has 0 unspecified atom stereocenters. The maximum atomic E-state index is 13.5. The van der Waals surface area contributed by atoms with Crippen molar-refractivity contribution in [3.8, 4) is 21.6 Å². The third-order valence-electron chi connectivity index (χ3n) is 6.75. The van der Waals surface area contributed by atoms with E-state index in [0.717, 1.165) is 27.1 Å². The Bertz CT molecular complexity index is 1470. The van der Waals surface area contributed by atoms with E-state index in [9.17, 15) is 19.1 Å². The number of hydrogen-bond acceptors (Lipinski definition) is 6. The Labute approximate surface area is 246 Å². The maximum Gasteiger partial charge on any atom is 1.00 e. The third-order valence-corrected chi connectivity index (χ3v) is 7.74. The topological polar surface area (TPSA) is 91.4 Å². The van der Waals surface area contributed by atoms with Gasteiger partial charge in [0.1, 0.15) is 11.9 Å². The Morgan fingerprint density at radius 3 is 2.21 bits per heavy atom. The van der Waals surface area contributed by atoms with Crippen LogP contribution in [-0.4, -0.2) is 16.4 Å². The molecule has 1 fully saturated rings. The predicted molar refractivity (Wildman–Crippen MR) is 139 cm³/mol. The SMILES string of the molecule is Cc1nsc(-c2ccc(-c3ccc(C4(C(=O)[O-])CC4)cc3)cc2)c1NC(=O)O[C@H](C)c1cccc(F)c1.[Na+]. The van der Waals surface area contributed by atoms with Crippen LogP contribution in [0.3, 0.4) is 0 Å². The van der Waals surface area contributed by atoms with Crippen molar-refractivity contribution in [1.82, 2.24) is 4.37 Å². The first-order chi connectivity index (χ1) is 17.8. The number of benzene rings is 3. The smallest absolute Gasteiger partial charge is 0.549 e. The van der Waals surface area contributed by atoms with Crippen LogP contribution in [0.5, 0.6) is 0 Å². The third kappa shape index (κ3) is 5.68. The van der Waals surface area contributed by atoms with Crippen molar-refractivity contribution in [2.45, 2.75) is 38.2 Å². The number of carbonyl (C=O) groups excluding carboxylic acids is 2. The molecule has 38 heavy (non-hydrogen) atoms. The van der Waals surface area contributed by atoms with Crippen LogP contribution in [0.1, 0.15) is 42.7 Å². The second-order valence-corrected chi connectivity index (χ2v) is 10.00. The molecule has 6 nitrogen and oxygen atoms in total. The van der Waals surface area contributed by atoms with E-state index >= 15 is 0 Å². The van der Waals surface area contributed by atoms with E-state index in [-0.39, 0.29) is 29.6 Å². The molecule has 1 N–H and O–H groups in total. The van der Waals surface area contributed by atoms with Crippen LogP contribution in [0.4, 0.5) is 14.9 Å². The van der Waals surface area contributed by atoms with E-state index < -0.39 is 29.4 Å². The number of halogens is 1. The number of carboxylic acid groups (broad SMARTS) is 1. The average molecular weight is 539 g/mol. The Morgan fingerprint density at radius 1 is 1.03 bits per heavy atom. The molecule has 4 aromatic rings. The molecule has 0 spiro atoms. The molecule has 5 rings (SSSR count). The quantitative estimate of drug-likeness (QED) is 0.366. The summed E-state index contributed by atoms with van der Waals surface area (Å²) in [4.78, 5) is 24.9. The van der Waals surface area contributed by atoms with Gasteiger partial charge >= 0.3 is 35.7 Å². The second kappa shape index (κ2) is 11.4. The van der Waals surface area contributed by atoms with Crippen molar-refractivity contribution in [2.75, 3.05) is 5.32 Å². The molecule has 9 heteroatoms. The van der Waals surface area contributed by atoms with Crippen LogP contribution in [0, 0.1) is 12.7 Å². The number of carboxylic acids is 1. The van der Waals surface area contributed by atoms with Gasteiger partial charge in [-0.3, -0.25) is 5.32 Å². The summed E-state index contributed by atoms with van der Waals surface area (Å²) in [7, 11) is 0. The monoisotopic (exact) mass is 538 g/mol. The number of nitrogens with zero attached hydrogens (tertiary/aromatic N) is 1. The first kappa shape index (κ1) is 28.0. The molecule has 1 aliphatic rings. The Kier molecular flexibility index (Phi) is 8.37. The van der Waals surface area contributed by atoms with E-state index in [1.807, 2.05) is 48.5 Å². The number of anilines is 1. The fourth-order valence-electron chi connectivity index (χ4n) is 4.36. The number of ether oxygens (including phenoxy) is 1. The fraction of sp³-hybridized carbons (Fsp3) is 0.207. The minimum Gasteiger partial charge on any atom is -0.549 e. The number of aryl methyl sites for hydroxylation is 1. The van der Waals surface area contributed by atoms with Crippen molar-refractivity contribution in [2.24, 2.45) is 0 Å². The molecule has 0 aliphatic heterocycles. The van der Waals surface area contributed by atoms with Crippen LogP contribution >= 0.6 is 11.5 Å². The molecular weight excluding hydrogens is 514 g/mol. The summed E-state index contributed by atoms with van der Waals surface area (Å²) in [6.07, 6.45) is -0.0439. The van der Waals surface area contributed by atoms with Gasteiger partial charge in [0.05, 0.1) is 22.2 Å². The number of amides is 1. The first-order valence-electron chi connectivity index (χ1n) is 11.9. The molecular formula is C29H24FN2NaO4S. The number of hydrogen-bond donors (Lipinski definition) is 1. The summed E-state index contributed by atoms with van der Waals surface area (Å²) in [6.45, 7) is 3.49. The largest absolute Gasteiger partial charge is 1.00 e. The summed E-state index contributed by atoms with van der Waals surface area (Å²) in [5, 5.41) is 14.3. The van der Waals surface area contributed by atoms with E-state index in [2.05, 4.69) is 9.69 Å². The van der Waals surface area contributed by atoms with Crippen molar-refractivity contribution < 1.29 is 53.4 Å². The van der Waals surface area contributed by atoms with Gasteiger partial charge in [0.15, 0.2) is 0 Å². The van der Waals surface area contributed by atoms with Gasteiger partial charge in [0.2, 0.25) is 0 Å². The van der Waals surface area contributed by atoms with Crippen LogP contribution in [-0.2, 0) is 14.9 Å². The zero-order valence-electron chi connectivity index (χ0n) is 21.3. The molecule has 3 aromatic carbocycles. The molecule has 1 amide bonds. The molecule has 0 saturated heterocycles. The summed E-state index contributed by atoms with van der Waals surface area (Å²) < 4.78 is 23.4. The predicted octanol–water partition coefficient (Wildman–Crippen LogP) is 3.02. The van der Waals surface area contributed by atoms with Crippen molar-refractivity contribution in [3.63, 3.8) is 0 Å². The molecule has 0 radical (unpaired) electrons. The van der Waals surface area contributed by atoms with Gasteiger partial charge in [-0.1, -0.05) is 60.7 Å². The van der Waals surface area contributed by atoms with Crippen LogP contribution in [0.2, 0.25) is 0 Å². The van der Waals surface area contributed by atoms with Gasteiger partial charge in [-0.25, -0.2) is 9.18 Å². The first-order valence-corrected chi connectivity index (χ1v) is 12.7. The van der Waals surface area contributed by atoms with Gasteiger partial charge in [0.25, 0.3) is 0 Å². The van der Waals surface area contributed by atoms with Gasteiger partial charge < -0.3 is 14.6 Å². The molecule has 1 saturated carbocycles. The molecule has 188 valence electrons. The molecule has 1 aromatic heterocycles. The van der Waals surface area contributed by atoms with Crippen LogP contribution in [0.15, 0.2) is 72.8 Å². The van der Waals surface area contributed by atoms with E-state index in [1.165, 1.54) is 23.7 Å². The van der Waals surface area contributed by atoms with E-state index in [4.69, 9.17) is 4.74 Å². The maximum absolute atomic E-state index is 13.5. The summed E-state index contributed by atoms with van der Waals surface area (Å²) in [6, 6.07) is 21.4. The molecule has 1 atom stereocenters. The standard InChI is InChI=1S/C29H25FN2O4S.Na/c1-17-25(31-28(35)36-18(2)22-4-3-5-24(30)16-22)26(37-32-17)21-8-6-19(7-9-21)20-10-12-23(13-11-20)29(14-15-29)27(33)34;/h3-13,16,18H,14-15H2,1-2H3,(H,31,35)(H,33,34);/q;+1/p-1/t18-;/m1./s1. The van der Waals surface area contributed by atoms with Crippen LogP contribution in [0.25, 0.3) is 21.6 Å². The summed E-state index contributed by atoms with van der Waals surface area (Å²) >= 11 is 1.27. The number of aromatic nitrogens is 1. The number of nitrogens with one attached hydrogen (secondary N) is 1. The minimum atomic E-state index is -1.01. The second-order valence-electron chi connectivity index (χ2n) is 9.22. The summed E-state index contributed by atoms with van der Waals surface area (Å²) in [5.41, 5.74) is 4.58. The zero-order chi connectivity index (χ0) is 26.2. The number of aliphatic carboxylic acids is 1. The average Bonchev–Trinajstić information content (AvgIpc) is 3.64. The van der Waals surface area contributed by atoms with E-state index in [1.54, 1.807) is 26.0 Å². The molecule has 0 bridgehead atoms. The van der Waals surface area contributed by atoms with Gasteiger partial charge in [-0.2, -0.15) is 4.37 Å². The van der Waals surface area contributed by atoms with Gasteiger partial charge in [0, 0.05) is 5.41 Å². The van der Waals surface area contributed by atoms with Crippen molar-refractivity contribution in [1.29, 1.82) is 0 Å². The van der Waals surface area contributed by atoms with E-state index in [0.29, 0.717) is 29.8 Å². The Balaban J connectivity index is 0.00000336.